The van der Waals surface area contributed by atoms with E-state index in [9.17, 15) is 9.90 Å². The van der Waals surface area contributed by atoms with Crippen molar-refractivity contribution < 1.29 is 9.90 Å². The number of aryl methyl sites for hydroxylation is 1. The Morgan fingerprint density at radius 3 is 2.64 bits per heavy atom. The van der Waals surface area contributed by atoms with Gasteiger partial charge >= 0.3 is 0 Å². The lowest BCUT2D eigenvalue weighted by atomic mass is 9.91. The van der Waals surface area contributed by atoms with Crippen LogP contribution in [0.2, 0.25) is 0 Å². The molecule has 3 aromatic rings. The summed E-state index contributed by atoms with van der Waals surface area (Å²) >= 11 is 3.05. The van der Waals surface area contributed by atoms with Gasteiger partial charge in [-0.05, 0) is 48.3 Å². The fraction of sp³-hybridized carbons (Fsp3) is 0.250. The number of nitrogens with one attached hydrogen (secondary N) is 1. The Bertz CT molecular complexity index is 869. The van der Waals surface area contributed by atoms with Crippen molar-refractivity contribution in [1.82, 2.24) is 0 Å². The maximum atomic E-state index is 12.5. The Morgan fingerprint density at radius 2 is 1.88 bits per heavy atom. The quantitative estimate of drug-likeness (QED) is 0.678. The van der Waals surface area contributed by atoms with E-state index >= 15 is 0 Å². The third-order valence-electron chi connectivity index (χ3n) is 4.57. The van der Waals surface area contributed by atoms with Crippen LogP contribution in [0.3, 0.4) is 0 Å². The number of rotatable bonds is 4. The fourth-order valence-electron chi connectivity index (χ4n) is 3.35. The summed E-state index contributed by atoms with van der Waals surface area (Å²) in [5.41, 5.74) is 2.98. The highest BCUT2D eigenvalue weighted by molar-refractivity contribution is 7.17. The number of fused-ring (bicyclic) bond motifs is 1. The van der Waals surface area contributed by atoms with Gasteiger partial charge in [0.25, 0.3) is 5.91 Å². The van der Waals surface area contributed by atoms with Gasteiger partial charge in [0.15, 0.2) is 0 Å². The first-order valence-electron chi connectivity index (χ1n) is 8.46. The van der Waals surface area contributed by atoms with E-state index < -0.39 is 6.10 Å². The molecule has 0 bridgehead atoms. The van der Waals surface area contributed by atoms with Gasteiger partial charge in [0, 0.05) is 10.4 Å². The molecule has 1 amide bonds. The molecule has 4 rings (SSSR count). The summed E-state index contributed by atoms with van der Waals surface area (Å²) in [6.45, 7) is 0. The van der Waals surface area contributed by atoms with Gasteiger partial charge in [-0.15, -0.1) is 22.7 Å². The van der Waals surface area contributed by atoms with Gasteiger partial charge in [-0.2, -0.15) is 0 Å². The van der Waals surface area contributed by atoms with Gasteiger partial charge in [-0.1, -0.05) is 36.4 Å². The van der Waals surface area contributed by atoms with Crippen LogP contribution >= 0.6 is 22.7 Å². The lowest BCUT2D eigenvalue weighted by Gasteiger charge is -2.18. The summed E-state index contributed by atoms with van der Waals surface area (Å²) in [5, 5.41) is 16.8. The molecule has 0 spiro atoms. The number of benzene rings is 1. The second kappa shape index (κ2) is 7.12. The van der Waals surface area contributed by atoms with E-state index in [0.717, 1.165) is 35.4 Å². The number of carbonyl (C=O) groups excluding carboxylic acids is 1. The summed E-state index contributed by atoms with van der Waals surface area (Å²) in [6, 6.07) is 13.4. The minimum Gasteiger partial charge on any atom is -0.384 e. The molecule has 0 saturated heterocycles. The van der Waals surface area contributed by atoms with Gasteiger partial charge in [-0.3, -0.25) is 4.79 Å². The molecule has 1 aliphatic rings. The van der Waals surface area contributed by atoms with E-state index in [1.165, 1.54) is 28.2 Å². The Hall–Kier alpha value is -1.95. The van der Waals surface area contributed by atoms with Gasteiger partial charge in [0.05, 0.1) is 4.88 Å². The third-order valence-corrected chi connectivity index (χ3v) is 6.66. The molecule has 2 N–H and O–H groups in total. The summed E-state index contributed by atoms with van der Waals surface area (Å²) in [6.07, 6.45) is 3.60. The fourth-order valence-corrected chi connectivity index (χ4v) is 5.28. The van der Waals surface area contributed by atoms with Crippen LogP contribution < -0.4 is 5.32 Å². The molecule has 1 atom stereocenters. The molecular weight excluding hydrogens is 350 g/mol. The van der Waals surface area contributed by atoms with Crippen LogP contribution in [-0.4, -0.2) is 11.0 Å². The zero-order valence-electron chi connectivity index (χ0n) is 13.7. The van der Waals surface area contributed by atoms with Crippen LogP contribution in [0.25, 0.3) is 0 Å². The monoisotopic (exact) mass is 369 g/mol. The Balaban J connectivity index is 1.73. The maximum absolute atomic E-state index is 12.5. The first kappa shape index (κ1) is 16.5. The molecule has 1 unspecified atom stereocenters. The molecule has 25 heavy (non-hydrogen) atoms. The SMILES string of the molecule is O=C(Nc1sc2c(c1C(O)c1ccccc1)CCCC2)c1cccs1. The molecule has 3 nitrogen and oxygen atoms in total. The van der Waals surface area contributed by atoms with Crippen molar-refractivity contribution in [3.63, 3.8) is 0 Å². The average molecular weight is 370 g/mol. The first-order valence-corrected chi connectivity index (χ1v) is 10.2. The van der Waals surface area contributed by atoms with E-state index in [2.05, 4.69) is 5.32 Å². The molecule has 2 heterocycles. The highest BCUT2D eigenvalue weighted by Crippen LogP contribution is 2.43. The van der Waals surface area contributed by atoms with Crippen molar-refractivity contribution in [2.75, 3.05) is 5.32 Å². The lowest BCUT2D eigenvalue weighted by molar-refractivity contribution is 0.103. The van der Waals surface area contributed by atoms with Crippen molar-refractivity contribution in [3.8, 4) is 0 Å². The molecule has 1 aliphatic carbocycles. The summed E-state index contributed by atoms with van der Waals surface area (Å²) in [7, 11) is 0. The minimum absolute atomic E-state index is 0.102. The number of aliphatic hydroxyl groups excluding tert-OH is 1. The standard InChI is InChI=1S/C20H19NO2S2/c22-18(13-7-2-1-3-8-13)17-14-9-4-5-10-15(14)25-20(17)21-19(23)16-11-6-12-24-16/h1-3,6-8,11-12,18,22H,4-5,9-10H2,(H,21,23). The van der Waals surface area contributed by atoms with Crippen molar-refractivity contribution in [2.45, 2.75) is 31.8 Å². The summed E-state index contributed by atoms with van der Waals surface area (Å²) < 4.78 is 0. The van der Waals surface area contributed by atoms with Crippen LogP contribution in [0.5, 0.6) is 0 Å². The molecule has 0 radical (unpaired) electrons. The van der Waals surface area contributed by atoms with Crippen molar-refractivity contribution in [3.05, 3.63) is 74.3 Å². The summed E-state index contributed by atoms with van der Waals surface area (Å²) in [5.74, 6) is -0.102. The Labute approximate surface area is 155 Å². The largest absolute Gasteiger partial charge is 0.384 e. The zero-order valence-corrected chi connectivity index (χ0v) is 15.3. The van der Waals surface area contributed by atoms with E-state index in [-0.39, 0.29) is 5.91 Å². The predicted molar refractivity (Wildman–Crippen MR) is 104 cm³/mol. The molecule has 128 valence electrons. The molecule has 2 aromatic heterocycles. The average Bonchev–Trinajstić information content (AvgIpc) is 3.29. The molecule has 0 aliphatic heterocycles. The number of thiophene rings is 2. The van der Waals surface area contributed by atoms with Crippen molar-refractivity contribution >= 4 is 33.6 Å². The Morgan fingerprint density at radius 1 is 1.08 bits per heavy atom. The van der Waals surface area contributed by atoms with Crippen LogP contribution in [0, 0.1) is 0 Å². The minimum atomic E-state index is -0.710. The van der Waals surface area contributed by atoms with Gasteiger partial charge < -0.3 is 10.4 Å². The molecule has 0 fully saturated rings. The van der Waals surface area contributed by atoms with E-state index in [1.807, 2.05) is 47.8 Å². The Kier molecular flexibility index (Phi) is 4.70. The first-order chi connectivity index (χ1) is 12.2. The van der Waals surface area contributed by atoms with Crippen LogP contribution in [0.1, 0.15) is 50.2 Å². The molecular formula is C20H19NO2S2. The lowest BCUT2D eigenvalue weighted by Crippen LogP contribution is -2.13. The highest BCUT2D eigenvalue weighted by atomic mass is 32.1. The van der Waals surface area contributed by atoms with Gasteiger partial charge in [-0.25, -0.2) is 0 Å². The number of amides is 1. The van der Waals surface area contributed by atoms with Gasteiger partial charge in [0.2, 0.25) is 0 Å². The topological polar surface area (TPSA) is 49.3 Å². The number of hydrogen-bond acceptors (Lipinski definition) is 4. The zero-order chi connectivity index (χ0) is 17.2. The van der Waals surface area contributed by atoms with Crippen LogP contribution in [0.4, 0.5) is 5.00 Å². The second-order valence-electron chi connectivity index (χ2n) is 6.20. The number of carbonyl (C=O) groups is 1. The number of anilines is 1. The van der Waals surface area contributed by atoms with E-state index in [0.29, 0.717) is 4.88 Å². The summed E-state index contributed by atoms with van der Waals surface area (Å²) in [4.78, 5) is 14.5. The second-order valence-corrected chi connectivity index (χ2v) is 8.25. The predicted octanol–water partition coefficient (Wildman–Crippen LogP) is 5.02. The molecule has 1 aromatic carbocycles. The highest BCUT2D eigenvalue weighted by Gasteiger charge is 2.27. The van der Waals surface area contributed by atoms with Crippen LogP contribution in [0.15, 0.2) is 47.8 Å². The number of hydrogen-bond donors (Lipinski definition) is 2. The van der Waals surface area contributed by atoms with Gasteiger partial charge in [0.1, 0.15) is 11.1 Å². The van der Waals surface area contributed by atoms with Crippen molar-refractivity contribution in [2.24, 2.45) is 0 Å². The van der Waals surface area contributed by atoms with E-state index in [4.69, 9.17) is 0 Å². The normalized spacial score (nSPS) is 14.8. The smallest absolute Gasteiger partial charge is 0.266 e. The maximum Gasteiger partial charge on any atom is 0.266 e. The molecule has 0 saturated carbocycles. The van der Waals surface area contributed by atoms with E-state index in [1.54, 1.807) is 11.3 Å². The number of aliphatic hydroxyl groups is 1. The third kappa shape index (κ3) is 3.27. The van der Waals surface area contributed by atoms with Crippen molar-refractivity contribution in [1.29, 1.82) is 0 Å². The van der Waals surface area contributed by atoms with Crippen LogP contribution in [-0.2, 0) is 12.8 Å². The molecule has 5 heteroatoms.